The van der Waals surface area contributed by atoms with Crippen molar-refractivity contribution in [3.05, 3.63) is 29.8 Å². The predicted molar refractivity (Wildman–Crippen MR) is 58.4 cm³/mol. The van der Waals surface area contributed by atoms with E-state index in [1.54, 1.807) is 0 Å². The van der Waals surface area contributed by atoms with Crippen LogP contribution in [0.2, 0.25) is 0 Å². The summed E-state index contributed by atoms with van der Waals surface area (Å²) in [6.45, 7) is 0.328. The minimum Gasteiger partial charge on any atom is -0.330 e. The standard InChI is InChI=1S/C11H13F3N2O/c12-11(13,14)8-4-1-2-5-9(8)16-10(17)6-3-7-15/h1-2,4-5H,3,6-7,15H2,(H,16,17). The second kappa shape index (κ2) is 5.67. The number of nitrogens with one attached hydrogen (secondary N) is 1. The fourth-order valence-electron chi connectivity index (χ4n) is 1.31. The number of alkyl halides is 3. The monoisotopic (exact) mass is 246 g/mol. The van der Waals surface area contributed by atoms with E-state index in [1.165, 1.54) is 18.2 Å². The molecular weight excluding hydrogens is 233 g/mol. The summed E-state index contributed by atoms with van der Waals surface area (Å²) in [5, 5.41) is 2.24. The number of halogens is 3. The summed E-state index contributed by atoms with van der Waals surface area (Å²) in [7, 11) is 0. The van der Waals surface area contributed by atoms with Crippen LogP contribution in [0.1, 0.15) is 18.4 Å². The van der Waals surface area contributed by atoms with Crippen LogP contribution in [-0.4, -0.2) is 12.5 Å². The van der Waals surface area contributed by atoms with Gasteiger partial charge in [-0.05, 0) is 25.1 Å². The molecule has 0 saturated carbocycles. The molecule has 0 unspecified atom stereocenters. The highest BCUT2D eigenvalue weighted by atomic mass is 19.4. The van der Waals surface area contributed by atoms with Crippen molar-refractivity contribution < 1.29 is 18.0 Å². The van der Waals surface area contributed by atoms with Crippen molar-refractivity contribution in [1.82, 2.24) is 0 Å². The fraction of sp³-hybridized carbons (Fsp3) is 0.364. The van der Waals surface area contributed by atoms with Crippen LogP contribution < -0.4 is 11.1 Å². The number of carbonyl (C=O) groups is 1. The number of para-hydroxylation sites is 1. The van der Waals surface area contributed by atoms with Gasteiger partial charge in [-0.3, -0.25) is 4.79 Å². The Morgan fingerprint density at radius 2 is 1.94 bits per heavy atom. The first-order chi connectivity index (χ1) is 7.95. The van der Waals surface area contributed by atoms with Crippen molar-refractivity contribution in [1.29, 1.82) is 0 Å². The molecule has 0 bridgehead atoms. The summed E-state index contributed by atoms with van der Waals surface area (Å²) >= 11 is 0. The van der Waals surface area contributed by atoms with Gasteiger partial charge in [-0.2, -0.15) is 13.2 Å². The average Bonchev–Trinajstić information content (AvgIpc) is 2.25. The summed E-state index contributed by atoms with van der Waals surface area (Å²) in [5.41, 5.74) is 4.14. The Labute approximate surface area is 96.8 Å². The fourth-order valence-corrected chi connectivity index (χ4v) is 1.31. The van der Waals surface area contributed by atoms with Gasteiger partial charge >= 0.3 is 6.18 Å². The average molecular weight is 246 g/mol. The molecular formula is C11H13F3N2O. The van der Waals surface area contributed by atoms with Gasteiger partial charge in [0.05, 0.1) is 11.3 Å². The molecule has 1 aromatic carbocycles. The minimum atomic E-state index is -4.47. The van der Waals surface area contributed by atoms with E-state index < -0.39 is 17.6 Å². The summed E-state index contributed by atoms with van der Waals surface area (Å²) in [4.78, 5) is 11.3. The third kappa shape index (κ3) is 4.07. The maximum absolute atomic E-state index is 12.6. The van der Waals surface area contributed by atoms with Gasteiger partial charge in [-0.15, -0.1) is 0 Å². The van der Waals surface area contributed by atoms with Crippen LogP contribution in [0.15, 0.2) is 24.3 Å². The molecule has 0 atom stereocenters. The van der Waals surface area contributed by atoms with Crippen LogP contribution in [0, 0.1) is 0 Å². The predicted octanol–water partition coefficient (Wildman–Crippen LogP) is 2.38. The Balaban J connectivity index is 2.81. The topological polar surface area (TPSA) is 55.1 Å². The number of nitrogens with two attached hydrogens (primary N) is 1. The zero-order valence-electron chi connectivity index (χ0n) is 9.05. The summed E-state index contributed by atoms with van der Waals surface area (Å²) in [6.07, 6.45) is -3.92. The van der Waals surface area contributed by atoms with Crippen molar-refractivity contribution in [2.75, 3.05) is 11.9 Å². The molecule has 0 aliphatic carbocycles. The number of benzene rings is 1. The Hall–Kier alpha value is -1.56. The minimum absolute atomic E-state index is 0.114. The van der Waals surface area contributed by atoms with Crippen LogP contribution in [0.3, 0.4) is 0 Å². The lowest BCUT2D eigenvalue weighted by Crippen LogP contribution is -2.17. The first kappa shape index (κ1) is 13.5. The van der Waals surface area contributed by atoms with Gasteiger partial charge in [-0.25, -0.2) is 0 Å². The first-order valence-corrected chi connectivity index (χ1v) is 5.11. The molecule has 0 saturated heterocycles. The third-order valence-corrected chi connectivity index (χ3v) is 2.11. The Morgan fingerprint density at radius 1 is 1.29 bits per heavy atom. The van der Waals surface area contributed by atoms with Crippen LogP contribution in [0.25, 0.3) is 0 Å². The summed E-state index contributed by atoms with van der Waals surface area (Å²) in [5.74, 6) is -0.466. The van der Waals surface area contributed by atoms with Crippen molar-refractivity contribution in [3.63, 3.8) is 0 Å². The van der Waals surface area contributed by atoms with Crippen molar-refractivity contribution >= 4 is 11.6 Å². The van der Waals surface area contributed by atoms with E-state index in [9.17, 15) is 18.0 Å². The van der Waals surface area contributed by atoms with Crippen LogP contribution in [0.4, 0.5) is 18.9 Å². The smallest absolute Gasteiger partial charge is 0.330 e. The third-order valence-electron chi connectivity index (χ3n) is 2.11. The van der Waals surface area contributed by atoms with Gasteiger partial charge in [0, 0.05) is 6.42 Å². The largest absolute Gasteiger partial charge is 0.418 e. The molecule has 1 amide bonds. The van der Waals surface area contributed by atoms with Gasteiger partial charge < -0.3 is 11.1 Å². The molecule has 6 heteroatoms. The molecule has 3 N–H and O–H groups in total. The Kier molecular flexibility index (Phi) is 4.51. The van der Waals surface area contributed by atoms with E-state index in [4.69, 9.17) is 5.73 Å². The summed E-state index contributed by atoms with van der Waals surface area (Å²) in [6, 6.07) is 4.87. The lowest BCUT2D eigenvalue weighted by atomic mass is 10.1. The number of hydrogen-bond donors (Lipinski definition) is 2. The lowest BCUT2D eigenvalue weighted by Gasteiger charge is -2.13. The number of carbonyl (C=O) groups excluding carboxylic acids is 1. The molecule has 1 aromatic rings. The Bertz CT molecular complexity index is 391. The lowest BCUT2D eigenvalue weighted by molar-refractivity contribution is -0.137. The SMILES string of the molecule is NCCCC(=O)Nc1ccccc1C(F)(F)F. The van der Waals surface area contributed by atoms with Crippen LogP contribution in [-0.2, 0) is 11.0 Å². The van der Waals surface area contributed by atoms with E-state index in [2.05, 4.69) is 5.32 Å². The highest BCUT2D eigenvalue weighted by molar-refractivity contribution is 5.91. The van der Waals surface area contributed by atoms with Crippen molar-refractivity contribution in [3.8, 4) is 0 Å². The maximum atomic E-state index is 12.6. The van der Waals surface area contributed by atoms with Crippen molar-refractivity contribution in [2.24, 2.45) is 5.73 Å². The molecule has 0 spiro atoms. The van der Waals surface area contributed by atoms with Gasteiger partial charge in [-0.1, -0.05) is 12.1 Å². The quantitative estimate of drug-likeness (QED) is 0.857. The zero-order valence-corrected chi connectivity index (χ0v) is 9.05. The van der Waals surface area contributed by atoms with E-state index in [-0.39, 0.29) is 12.1 Å². The number of rotatable bonds is 4. The van der Waals surface area contributed by atoms with E-state index in [1.807, 2.05) is 0 Å². The zero-order chi connectivity index (χ0) is 12.9. The molecule has 3 nitrogen and oxygen atoms in total. The van der Waals surface area contributed by atoms with Gasteiger partial charge in [0.25, 0.3) is 0 Å². The molecule has 94 valence electrons. The summed E-state index contributed by atoms with van der Waals surface area (Å²) < 4.78 is 37.7. The highest BCUT2D eigenvalue weighted by Crippen LogP contribution is 2.34. The normalized spacial score (nSPS) is 11.3. The van der Waals surface area contributed by atoms with Gasteiger partial charge in [0.15, 0.2) is 0 Å². The molecule has 0 aliphatic rings. The maximum Gasteiger partial charge on any atom is 0.418 e. The van der Waals surface area contributed by atoms with Gasteiger partial charge in [0.2, 0.25) is 5.91 Å². The molecule has 0 heterocycles. The highest BCUT2D eigenvalue weighted by Gasteiger charge is 2.33. The molecule has 17 heavy (non-hydrogen) atoms. The van der Waals surface area contributed by atoms with Crippen LogP contribution >= 0.6 is 0 Å². The first-order valence-electron chi connectivity index (χ1n) is 5.11. The second-order valence-corrected chi connectivity index (χ2v) is 3.48. The van der Waals surface area contributed by atoms with Crippen LogP contribution in [0.5, 0.6) is 0 Å². The number of anilines is 1. The van der Waals surface area contributed by atoms with E-state index >= 15 is 0 Å². The molecule has 0 fully saturated rings. The van der Waals surface area contributed by atoms with E-state index in [0.29, 0.717) is 13.0 Å². The van der Waals surface area contributed by atoms with E-state index in [0.717, 1.165) is 6.07 Å². The second-order valence-electron chi connectivity index (χ2n) is 3.48. The number of amides is 1. The molecule has 0 aliphatic heterocycles. The van der Waals surface area contributed by atoms with Gasteiger partial charge in [0.1, 0.15) is 0 Å². The van der Waals surface area contributed by atoms with Crippen molar-refractivity contribution in [2.45, 2.75) is 19.0 Å². The molecule has 0 aromatic heterocycles. The Morgan fingerprint density at radius 3 is 2.53 bits per heavy atom. The number of hydrogen-bond acceptors (Lipinski definition) is 2. The molecule has 1 rings (SSSR count). The molecule has 0 radical (unpaired) electrons.